The molecular weight excluding hydrogens is 316 g/mol. The molecule has 1 fully saturated rings. The average Bonchev–Trinajstić information content (AvgIpc) is 3.24. The lowest BCUT2D eigenvalue weighted by molar-refractivity contribution is 0.0721. The Hall–Kier alpha value is -2.70. The fourth-order valence-corrected chi connectivity index (χ4v) is 3.76. The quantitative estimate of drug-likeness (QED) is 0.719. The van der Waals surface area contributed by atoms with Crippen LogP contribution in [0.5, 0.6) is 0 Å². The van der Waals surface area contributed by atoms with E-state index in [1.807, 2.05) is 49.5 Å². The van der Waals surface area contributed by atoms with E-state index in [1.165, 1.54) is 0 Å². The molecule has 1 aliphatic heterocycles. The van der Waals surface area contributed by atoms with Crippen LogP contribution in [0.4, 0.5) is 0 Å². The highest BCUT2D eigenvalue weighted by Crippen LogP contribution is 2.32. The summed E-state index contributed by atoms with van der Waals surface area (Å²) in [5, 5.41) is 4.49. The number of aryl methyl sites for hydroxylation is 4. The third-order valence-electron chi connectivity index (χ3n) is 4.80. The first kappa shape index (κ1) is 15.8. The summed E-state index contributed by atoms with van der Waals surface area (Å²) < 4.78 is 3.75. The van der Waals surface area contributed by atoms with E-state index in [2.05, 4.69) is 15.1 Å². The van der Waals surface area contributed by atoms with E-state index in [0.717, 1.165) is 42.3 Å². The minimum atomic E-state index is -0.0503. The number of aromatic nitrogens is 5. The normalized spacial score (nSPS) is 17.6. The van der Waals surface area contributed by atoms with Gasteiger partial charge in [-0.25, -0.2) is 14.5 Å². The van der Waals surface area contributed by atoms with Gasteiger partial charge in [-0.3, -0.25) is 4.79 Å². The Morgan fingerprint density at radius 1 is 1.16 bits per heavy atom. The molecule has 25 heavy (non-hydrogen) atoms. The molecule has 0 bridgehead atoms. The van der Waals surface area contributed by atoms with E-state index in [-0.39, 0.29) is 11.9 Å². The average molecular weight is 338 g/mol. The number of imidazole rings is 1. The van der Waals surface area contributed by atoms with Crippen molar-refractivity contribution < 1.29 is 4.79 Å². The molecular formula is C18H22N6O. The first-order chi connectivity index (χ1) is 11.9. The van der Waals surface area contributed by atoms with Crippen molar-refractivity contribution in [2.75, 3.05) is 6.54 Å². The van der Waals surface area contributed by atoms with E-state index >= 15 is 0 Å². The Bertz CT molecular complexity index is 970. The Morgan fingerprint density at radius 3 is 2.68 bits per heavy atom. The first-order valence-electron chi connectivity index (χ1n) is 8.59. The van der Waals surface area contributed by atoms with Crippen molar-refractivity contribution in [3.05, 3.63) is 46.9 Å². The molecule has 0 aromatic carbocycles. The maximum atomic E-state index is 13.1. The van der Waals surface area contributed by atoms with Gasteiger partial charge in [-0.15, -0.1) is 0 Å². The maximum absolute atomic E-state index is 13.1. The number of nitrogens with zero attached hydrogens (tertiary/aromatic N) is 6. The summed E-state index contributed by atoms with van der Waals surface area (Å²) in [7, 11) is 1.98. The van der Waals surface area contributed by atoms with Crippen LogP contribution in [-0.2, 0) is 7.05 Å². The standard InChI is InChI=1S/C18H22N6O/c1-11-8-13(3)24-16(19-11)9-14(21-24)18(25)23-7-5-6-15(23)17-20-12(2)10-22(17)4/h8-10,15H,5-7H2,1-4H3/t15-/m1/s1. The third kappa shape index (κ3) is 2.59. The predicted octanol–water partition coefficient (Wildman–Crippen LogP) is 2.37. The summed E-state index contributed by atoms with van der Waals surface area (Å²) >= 11 is 0. The fourth-order valence-electron chi connectivity index (χ4n) is 3.76. The number of rotatable bonds is 2. The predicted molar refractivity (Wildman–Crippen MR) is 93.4 cm³/mol. The Balaban J connectivity index is 1.70. The Labute approximate surface area is 146 Å². The smallest absolute Gasteiger partial charge is 0.275 e. The molecule has 3 aromatic heterocycles. The molecule has 0 saturated carbocycles. The summed E-state index contributed by atoms with van der Waals surface area (Å²) in [5.41, 5.74) is 4.02. The largest absolute Gasteiger partial charge is 0.336 e. The van der Waals surface area contributed by atoms with Gasteiger partial charge in [0.2, 0.25) is 0 Å². The number of amides is 1. The Morgan fingerprint density at radius 2 is 1.96 bits per heavy atom. The van der Waals surface area contributed by atoms with Crippen LogP contribution in [0.1, 0.15) is 52.3 Å². The Kier molecular flexibility index (Phi) is 3.59. The van der Waals surface area contributed by atoms with Crippen LogP contribution in [0.25, 0.3) is 5.65 Å². The zero-order valence-corrected chi connectivity index (χ0v) is 15.0. The lowest BCUT2D eigenvalue weighted by Gasteiger charge is -2.23. The highest BCUT2D eigenvalue weighted by Gasteiger charge is 2.34. The van der Waals surface area contributed by atoms with E-state index in [0.29, 0.717) is 11.3 Å². The van der Waals surface area contributed by atoms with E-state index in [1.54, 1.807) is 10.6 Å². The van der Waals surface area contributed by atoms with Crippen molar-refractivity contribution in [2.24, 2.45) is 7.05 Å². The van der Waals surface area contributed by atoms with Gasteiger partial charge in [0.05, 0.1) is 11.7 Å². The number of hydrogen-bond donors (Lipinski definition) is 0. The highest BCUT2D eigenvalue weighted by atomic mass is 16.2. The molecule has 1 saturated heterocycles. The van der Waals surface area contributed by atoms with Gasteiger partial charge in [-0.2, -0.15) is 5.10 Å². The second kappa shape index (κ2) is 5.68. The van der Waals surface area contributed by atoms with Crippen LogP contribution in [-0.4, -0.2) is 41.5 Å². The van der Waals surface area contributed by atoms with Crippen LogP contribution in [0.2, 0.25) is 0 Å². The number of carbonyl (C=O) groups excluding carboxylic acids is 1. The summed E-state index contributed by atoms with van der Waals surface area (Å²) in [5.74, 6) is 0.892. The summed E-state index contributed by atoms with van der Waals surface area (Å²) in [6.07, 6.45) is 3.91. The molecule has 7 nitrogen and oxygen atoms in total. The van der Waals surface area contributed by atoms with Gasteiger partial charge in [0.15, 0.2) is 11.3 Å². The van der Waals surface area contributed by atoms with Crippen LogP contribution in [0.3, 0.4) is 0 Å². The van der Waals surface area contributed by atoms with Gasteiger partial charge < -0.3 is 9.47 Å². The van der Waals surface area contributed by atoms with E-state index in [9.17, 15) is 4.79 Å². The van der Waals surface area contributed by atoms with Gasteiger partial charge in [0, 0.05) is 37.2 Å². The molecule has 1 aliphatic rings. The van der Waals surface area contributed by atoms with Crippen molar-refractivity contribution in [3.8, 4) is 0 Å². The van der Waals surface area contributed by atoms with Gasteiger partial charge >= 0.3 is 0 Å². The minimum absolute atomic E-state index is 0.00630. The second-order valence-corrected chi connectivity index (χ2v) is 6.85. The number of likely N-dealkylation sites (tertiary alicyclic amines) is 1. The summed E-state index contributed by atoms with van der Waals surface area (Å²) in [6.45, 7) is 6.62. The number of fused-ring (bicyclic) bond motifs is 1. The molecule has 0 N–H and O–H groups in total. The summed E-state index contributed by atoms with van der Waals surface area (Å²) in [6, 6.07) is 3.75. The topological polar surface area (TPSA) is 68.3 Å². The highest BCUT2D eigenvalue weighted by molar-refractivity contribution is 5.93. The zero-order valence-electron chi connectivity index (χ0n) is 15.0. The molecule has 3 aromatic rings. The van der Waals surface area contributed by atoms with Gasteiger partial charge in [0.25, 0.3) is 5.91 Å². The van der Waals surface area contributed by atoms with Crippen molar-refractivity contribution in [1.29, 1.82) is 0 Å². The molecule has 0 radical (unpaired) electrons. The SMILES string of the molecule is Cc1cn(C)c([C@H]2CCCN2C(=O)c2cc3nc(C)cc(C)n3n2)n1. The lowest BCUT2D eigenvalue weighted by atomic mass is 10.2. The molecule has 4 heterocycles. The number of carbonyl (C=O) groups is 1. The molecule has 130 valence electrons. The van der Waals surface area contributed by atoms with Gasteiger partial charge in [0.1, 0.15) is 5.82 Å². The first-order valence-corrected chi connectivity index (χ1v) is 8.59. The van der Waals surface area contributed by atoms with Crippen molar-refractivity contribution in [1.82, 2.24) is 29.0 Å². The third-order valence-corrected chi connectivity index (χ3v) is 4.80. The molecule has 0 spiro atoms. The molecule has 0 aliphatic carbocycles. The molecule has 1 amide bonds. The summed E-state index contributed by atoms with van der Waals surface area (Å²) in [4.78, 5) is 24.1. The van der Waals surface area contributed by atoms with Crippen LogP contribution in [0.15, 0.2) is 18.3 Å². The van der Waals surface area contributed by atoms with Crippen molar-refractivity contribution in [3.63, 3.8) is 0 Å². The zero-order chi connectivity index (χ0) is 17.7. The maximum Gasteiger partial charge on any atom is 0.275 e. The van der Waals surface area contributed by atoms with Crippen LogP contribution in [0, 0.1) is 20.8 Å². The van der Waals surface area contributed by atoms with Gasteiger partial charge in [-0.1, -0.05) is 0 Å². The molecule has 0 unspecified atom stereocenters. The van der Waals surface area contributed by atoms with E-state index < -0.39 is 0 Å². The monoisotopic (exact) mass is 338 g/mol. The number of hydrogen-bond acceptors (Lipinski definition) is 4. The molecule has 7 heteroatoms. The second-order valence-electron chi connectivity index (χ2n) is 6.85. The van der Waals surface area contributed by atoms with Crippen LogP contribution >= 0.6 is 0 Å². The minimum Gasteiger partial charge on any atom is -0.336 e. The fraction of sp³-hybridized carbons (Fsp3) is 0.444. The van der Waals surface area contributed by atoms with Crippen molar-refractivity contribution >= 4 is 11.6 Å². The van der Waals surface area contributed by atoms with Crippen LogP contribution < -0.4 is 0 Å². The lowest BCUT2D eigenvalue weighted by Crippen LogP contribution is -2.32. The molecule has 1 atom stereocenters. The molecule has 4 rings (SSSR count). The van der Waals surface area contributed by atoms with Gasteiger partial charge in [-0.05, 0) is 39.7 Å². The van der Waals surface area contributed by atoms with Crippen molar-refractivity contribution in [2.45, 2.75) is 39.7 Å². The van der Waals surface area contributed by atoms with E-state index in [4.69, 9.17) is 0 Å².